The summed E-state index contributed by atoms with van der Waals surface area (Å²) in [6.07, 6.45) is 10.7. The summed E-state index contributed by atoms with van der Waals surface area (Å²) in [6.45, 7) is 3.42. The van der Waals surface area contributed by atoms with E-state index in [2.05, 4.69) is 22.2 Å². The van der Waals surface area contributed by atoms with Crippen molar-refractivity contribution in [3.05, 3.63) is 17.6 Å². The summed E-state index contributed by atoms with van der Waals surface area (Å²) in [5.41, 5.74) is 2.67. The van der Waals surface area contributed by atoms with Gasteiger partial charge in [-0.2, -0.15) is 0 Å². The van der Waals surface area contributed by atoms with Crippen molar-refractivity contribution >= 4 is 5.82 Å². The Morgan fingerprint density at radius 2 is 2.06 bits per heavy atom. The highest BCUT2D eigenvalue weighted by Gasteiger charge is 2.27. The quantitative estimate of drug-likeness (QED) is 0.828. The summed E-state index contributed by atoms with van der Waals surface area (Å²) in [6, 6.07) is 0. The molecule has 1 N–H and O–H groups in total. The van der Waals surface area contributed by atoms with Gasteiger partial charge in [0.05, 0.1) is 0 Å². The predicted molar refractivity (Wildman–Crippen MR) is 73.7 cm³/mol. The summed E-state index contributed by atoms with van der Waals surface area (Å²) in [7, 11) is 0. The second kappa shape index (κ2) is 5.25. The van der Waals surface area contributed by atoms with Crippen LogP contribution in [0.5, 0.6) is 0 Å². The Kier molecular flexibility index (Phi) is 3.48. The molecule has 3 rings (SSSR count). The molecule has 3 heteroatoms. The van der Waals surface area contributed by atoms with Crippen LogP contribution in [0.15, 0.2) is 6.33 Å². The van der Waals surface area contributed by atoms with Gasteiger partial charge < -0.3 is 5.32 Å². The van der Waals surface area contributed by atoms with Crippen molar-refractivity contribution in [1.82, 2.24) is 9.97 Å². The van der Waals surface area contributed by atoms with Gasteiger partial charge in [-0.3, -0.25) is 0 Å². The van der Waals surface area contributed by atoms with E-state index in [1.807, 2.05) is 0 Å². The minimum absolute atomic E-state index is 0.779. The Balaban J connectivity index is 1.70. The molecule has 0 spiro atoms. The fourth-order valence-corrected chi connectivity index (χ4v) is 2.94. The third-order valence-corrected chi connectivity index (χ3v) is 4.39. The molecule has 1 atom stereocenters. The molecule has 1 heterocycles. The topological polar surface area (TPSA) is 37.8 Å². The van der Waals surface area contributed by atoms with E-state index in [-0.39, 0.29) is 0 Å². The molecule has 2 aliphatic carbocycles. The fraction of sp³-hybridized carbons (Fsp3) is 0.733. The van der Waals surface area contributed by atoms with Crippen LogP contribution in [-0.4, -0.2) is 16.5 Å². The van der Waals surface area contributed by atoms with E-state index in [4.69, 9.17) is 0 Å². The first-order valence-electron chi connectivity index (χ1n) is 7.41. The highest BCUT2D eigenvalue weighted by Crippen LogP contribution is 2.36. The fourth-order valence-electron chi connectivity index (χ4n) is 2.94. The summed E-state index contributed by atoms with van der Waals surface area (Å²) in [5.74, 6) is 2.84. The Morgan fingerprint density at radius 1 is 1.22 bits per heavy atom. The Labute approximate surface area is 109 Å². The molecule has 1 unspecified atom stereocenters. The maximum absolute atomic E-state index is 4.46. The van der Waals surface area contributed by atoms with Crippen molar-refractivity contribution in [1.29, 1.82) is 0 Å². The van der Waals surface area contributed by atoms with Crippen LogP contribution in [0.4, 0.5) is 5.82 Å². The maximum Gasteiger partial charge on any atom is 0.132 e. The van der Waals surface area contributed by atoms with Crippen molar-refractivity contribution in [2.75, 3.05) is 11.9 Å². The smallest absolute Gasteiger partial charge is 0.132 e. The van der Waals surface area contributed by atoms with Gasteiger partial charge in [-0.1, -0.05) is 13.3 Å². The van der Waals surface area contributed by atoms with E-state index < -0.39 is 0 Å². The highest BCUT2D eigenvalue weighted by molar-refractivity contribution is 5.46. The second-order valence-electron chi connectivity index (χ2n) is 5.90. The molecule has 0 bridgehead atoms. The predicted octanol–water partition coefficient (Wildman–Crippen LogP) is 3.20. The molecular weight excluding hydrogens is 222 g/mol. The number of nitrogens with zero attached hydrogens (tertiary/aromatic N) is 2. The van der Waals surface area contributed by atoms with E-state index in [1.54, 1.807) is 6.33 Å². The third-order valence-electron chi connectivity index (χ3n) is 4.39. The number of rotatable bonds is 4. The van der Waals surface area contributed by atoms with Gasteiger partial charge in [0.25, 0.3) is 0 Å². The Morgan fingerprint density at radius 3 is 2.89 bits per heavy atom. The first kappa shape index (κ1) is 11.9. The third kappa shape index (κ3) is 2.65. The maximum atomic E-state index is 4.46. The van der Waals surface area contributed by atoms with Gasteiger partial charge in [-0.05, 0) is 50.4 Å². The molecule has 0 aromatic carbocycles. The molecule has 2 aliphatic rings. The lowest BCUT2D eigenvalue weighted by Gasteiger charge is -2.15. The second-order valence-corrected chi connectivity index (χ2v) is 5.90. The molecule has 0 amide bonds. The molecular formula is C15H23N3. The van der Waals surface area contributed by atoms with E-state index >= 15 is 0 Å². The van der Waals surface area contributed by atoms with E-state index in [0.29, 0.717) is 0 Å². The molecule has 1 aromatic heterocycles. The van der Waals surface area contributed by atoms with Crippen LogP contribution >= 0.6 is 0 Å². The monoisotopic (exact) mass is 245 g/mol. The van der Waals surface area contributed by atoms with Crippen molar-refractivity contribution in [3.8, 4) is 0 Å². The van der Waals surface area contributed by atoms with E-state index in [1.165, 1.54) is 43.4 Å². The van der Waals surface area contributed by atoms with Gasteiger partial charge in [-0.15, -0.1) is 0 Å². The minimum Gasteiger partial charge on any atom is -0.369 e. The molecule has 3 nitrogen and oxygen atoms in total. The van der Waals surface area contributed by atoms with Crippen molar-refractivity contribution in [2.45, 2.75) is 51.9 Å². The standard InChI is InChI=1S/C15H23N3/c1-11(12-7-8-12)9-16-15-13-5-3-2-4-6-14(13)17-10-18-15/h10-12H,2-9H2,1H3,(H,16,17,18). The SMILES string of the molecule is CC(CNc1ncnc2c1CCCCC2)C1CC1. The zero-order chi connectivity index (χ0) is 12.4. The summed E-state index contributed by atoms with van der Waals surface area (Å²) >= 11 is 0. The summed E-state index contributed by atoms with van der Waals surface area (Å²) in [4.78, 5) is 8.93. The Hall–Kier alpha value is -1.12. The lowest BCUT2D eigenvalue weighted by atomic mass is 10.1. The van der Waals surface area contributed by atoms with Gasteiger partial charge in [0.15, 0.2) is 0 Å². The minimum atomic E-state index is 0.779. The van der Waals surface area contributed by atoms with Crippen LogP contribution in [0.25, 0.3) is 0 Å². The number of anilines is 1. The zero-order valence-electron chi connectivity index (χ0n) is 11.3. The molecule has 98 valence electrons. The lowest BCUT2D eigenvalue weighted by Crippen LogP contribution is -2.16. The summed E-state index contributed by atoms with van der Waals surface area (Å²) in [5, 5.41) is 3.57. The van der Waals surface area contributed by atoms with Gasteiger partial charge in [-0.25, -0.2) is 9.97 Å². The largest absolute Gasteiger partial charge is 0.369 e. The number of aromatic nitrogens is 2. The van der Waals surface area contributed by atoms with Crippen LogP contribution in [0, 0.1) is 11.8 Å². The average molecular weight is 245 g/mol. The zero-order valence-corrected chi connectivity index (χ0v) is 11.3. The molecule has 0 saturated heterocycles. The Bertz CT molecular complexity index is 412. The van der Waals surface area contributed by atoms with Crippen LogP contribution in [0.2, 0.25) is 0 Å². The van der Waals surface area contributed by atoms with Crippen molar-refractivity contribution < 1.29 is 0 Å². The van der Waals surface area contributed by atoms with Crippen molar-refractivity contribution in [2.24, 2.45) is 11.8 Å². The molecule has 0 radical (unpaired) electrons. The van der Waals surface area contributed by atoms with Gasteiger partial charge in [0, 0.05) is 17.8 Å². The lowest BCUT2D eigenvalue weighted by molar-refractivity contribution is 0.535. The van der Waals surface area contributed by atoms with Gasteiger partial charge in [0.1, 0.15) is 12.1 Å². The molecule has 18 heavy (non-hydrogen) atoms. The number of fused-ring (bicyclic) bond motifs is 1. The average Bonchev–Trinajstić information content (AvgIpc) is 3.21. The first-order chi connectivity index (χ1) is 8.84. The number of aryl methyl sites for hydroxylation is 1. The molecule has 0 aliphatic heterocycles. The van der Waals surface area contributed by atoms with Crippen molar-refractivity contribution in [3.63, 3.8) is 0 Å². The highest BCUT2D eigenvalue weighted by atomic mass is 15.0. The number of hydrogen-bond acceptors (Lipinski definition) is 3. The van der Waals surface area contributed by atoms with Crippen LogP contribution in [0.1, 0.15) is 50.3 Å². The van der Waals surface area contributed by atoms with Crippen LogP contribution < -0.4 is 5.32 Å². The number of nitrogens with one attached hydrogen (secondary N) is 1. The summed E-state index contributed by atoms with van der Waals surface area (Å²) < 4.78 is 0. The van der Waals surface area contributed by atoms with E-state index in [0.717, 1.165) is 37.0 Å². The van der Waals surface area contributed by atoms with Gasteiger partial charge >= 0.3 is 0 Å². The molecule has 1 aromatic rings. The van der Waals surface area contributed by atoms with Crippen LogP contribution in [0.3, 0.4) is 0 Å². The number of hydrogen-bond donors (Lipinski definition) is 1. The normalized spacial score (nSPS) is 20.9. The molecule has 1 saturated carbocycles. The first-order valence-corrected chi connectivity index (χ1v) is 7.41. The van der Waals surface area contributed by atoms with Crippen LogP contribution in [-0.2, 0) is 12.8 Å². The van der Waals surface area contributed by atoms with Gasteiger partial charge in [0.2, 0.25) is 0 Å². The van der Waals surface area contributed by atoms with E-state index in [9.17, 15) is 0 Å². The molecule has 1 fully saturated rings.